The predicted molar refractivity (Wildman–Crippen MR) is 113 cm³/mol. The number of aryl methyl sites for hydroxylation is 1. The van der Waals surface area contributed by atoms with E-state index >= 15 is 0 Å². The summed E-state index contributed by atoms with van der Waals surface area (Å²) in [6, 6.07) is 17.1. The highest BCUT2D eigenvalue weighted by Gasteiger charge is 2.40. The third kappa shape index (κ3) is 3.23. The summed E-state index contributed by atoms with van der Waals surface area (Å²) in [6.07, 6.45) is 8.04. The number of nitrogens with zero attached hydrogens (tertiary/aromatic N) is 6. The van der Waals surface area contributed by atoms with Crippen LogP contribution in [0.25, 0.3) is 5.65 Å². The molecule has 1 fully saturated rings. The van der Waals surface area contributed by atoms with E-state index in [1.165, 1.54) is 11.3 Å². The van der Waals surface area contributed by atoms with Gasteiger partial charge in [0.05, 0.1) is 12.2 Å². The van der Waals surface area contributed by atoms with Gasteiger partial charge < -0.3 is 4.40 Å². The fraction of sp³-hybridized carbons (Fsp3) is 0.348. The smallest absolute Gasteiger partial charge is 0.140 e. The number of piperidine rings is 1. The van der Waals surface area contributed by atoms with Crippen molar-refractivity contribution in [2.24, 2.45) is 0 Å². The molecule has 0 N–H and O–H groups in total. The number of pyridine rings is 1. The Balaban J connectivity index is 1.45. The second kappa shape index (κ2) is 7.44. The summed E-state index contributed by atoms with van der Waals surface area (Å²) < 4.78 is 4.12. The molecule has 29 heavy (non-hydrogen) atoms. The monoisotopic (exact) mass is 386 g/mol. The molecular formula is C23H26N6. The van der Waals surface area contributed by atoms with E-state index in [1.54, 1.807) is 6.33 Å². The minimum absolute atomic E-state index is 0.0534. The molecule has 0 atom stereocenters. The number of hydrogen-bond donors (Lipinski definition) is 0. The van der Waals surface area contributed by atoms with E-state index in [0.717, 1.165) is 50.5 Å². The first kappa shape index (κ1) is 18.1. The minimum Gasteiger partial charge on any atom is -0.307 e. The van der Waals surface area contributed by atoms with Crippen LogP contribution in [0.3, 0.4) is 0 Å². The molecule has 1 aliphatic rings. The Hall–Kier alpha value is -2.99. The zero-order valence-electron chi connectivity index (χ0n) is 16.8. The lowest BCUT2D eigenvalue weighted by atomic mass is 9.70. The van der Waals surface area contributed by atoms with Crippen LogP contribution in [0.1, 0.15) is 36.8 Å². The van der Waals surface area contributed by atoms with Crippen molar-refractivity contribution in [3.63, 3.8) is 0 Å². The van der Waals surface area contributed by atoms with E-state index in [1.807, 2.05) is 10.7 Å². The van der Waals surface area contributed by atoms with Crippen LogP contribution in [0.4, 0.5) is 0 Å². The lowest BCUT2D eigenvalue weighted by Gasteiger charge is -2.41. The fourth-order valence-electron chi connectivity index (χ4n) is 4.58. The van der Waals surface area contributed by atoms with Crippen molar-refractivity contribution in [2.45, 2.75) is 38.3 Å². The number of rotatable bonds is 5. The van der Waals surface area contributed by atoms with Crippen molar-refractivity contribution in [3.05, 3.63) is 84.3 Å². The van der Waals surface area contributed by atoms with E-state index in [2.05, 4.69) is 81.2 Å². The molecule has 6 nitrogen and oxygen atoms in total. The van der Waals surface area contributed by atoms with Crippen LogP contribution < -0.4 is 0 Å². The van der Waals surface area contributed by atoms with Gasteiger partial charge in [0.2, 0.25) is 0 Å². The van der Waals surface area contributed by atoms with E-state index in [-0.39, 0.29) is 5.41 Å². The summed E-state index contributed by atoms with van der Waals surface area (Å²) in [5.74, 6) is 1.05. The van der Waals surface area contributed by atoms with Crippen LogP contribution in [0.15, 0.2) is 67.3 Å². The first-order valence-electron chi connectivity index (χ1n) is 10.4. The standard InChI is InChI=1S/C23H26N6/c1-2-29-22(24-18-25-29)17-27-14-11-23(12-15-27,19-8-4-3-5-9-19)20-16-28-13-7-6-10-21(28)26-20/h3-10,13,16,18H,2,11-12,14-15,17H2,1H3. The van der Waals surface area contributed by atoms with Crippen molar-refractivity contribution in [2.75, 3.05) is 13.1 Å². The Morgan fingerprint density at radius 3 is 2.55 bits per heavy atom. The summed E-state index contributed by atoms with van der Waals surface area (Å²) in [6.45, 7) is 5.85. The number of hydrogen-bond acceptors (Lipinski definition) is 4. The van der Waals surface area contributed by atoms with Gasteiger partial charge in [-0.2, -0.15) is 5.10 Å². The van der Waals surface area contributed by atoms with E-state index in [0.29, 0.717) is 0 Å². The van der Waals surface area contributed by atoms with Crippen molar-refractivity contribution in [3.8, 4) is 0 Å². The van der Waals surface area contributed by atoms with E-state index in [4.69, 9.17) is 4.98 Å². The van der Waals surface area contributed by atoms with Crippen molar-refractivity contribution < 1.29 is 0 Å². The van der Waals surface area contributed by atoms with Gasteiger partial charge >= 0.3 is 0 Å². The lowest BCUT2D eigenvalue weighted by molar-refractivity contribution is 0.164. The molecule has 1 aromatic carbocycles. The Labute approximate surface area is 170 Å². The van der Waals surface area contributed by atoms with Gasteiger partial charge in [0.1, 0.15) is 17.8 Å². The molecule has 0 saturated carbocycles. The molecule has 0 bridgehead atoms. The average molecular weight is 387 g/mol. The molecule has 3 aromatic heterocycles. The summed E-state index contributed by atoms with van der Waals surface area (Å²) in [4.78, 5) is 12.0. The zero-order valence-corrected chi connectivity index (χ0v) is 16.8. The van der Waals surface area contributed by atoms with E-state index in [9.17, 15) is 0 Å². The van der Waals surface area contributed by atoms with Crippen molar-refractivity contribution in [1.82, 2.24) is 29.0 Å². The Kier molecular flexibility index (Phi) is 4.64. The van der Waals surface area contributed by atoms with Gasteiger partial charge in [-0.3, -0.25) is 4.90 Å². The van der Waals surface area contributed by atoms with Gasteiger partial charge in [0, 0.05) is 24.4 Å². The highest BCUT2D eigenvalue weighted by Crippen LogP contribution is 2.41. The number of imidazole rings is 1. The molecule has 0 aliphatic carbocycles. The van der Waals surface area contributed by atoms with Crippen LogP contribution in [-0.4, -0.2) is 42.1 Å². The van der Waals surface area contributed by atoms with Gasteiger partial charge in [0.25, 0.3) is 0 Å². The number of aromatic nitrogens is 5. The highest BCUT2D eigenvalue weighted by atomic mass is 15.3. The zero-order chi connectivity index (χ0) is 19.7. The Morgan fingerprint density at radius 2 is 1.79 bits per heavy atom. The number of fused-ring (bicyclic) bond motifs is 1. The highest BCUT2D eigenvalue weighted by molar-refractivity contribution is 5.45. The molecule has 148 valence electrons. The summed E-state index contributed by atoms with van der Waals surface area (Å²) >= 11 is 0. The van der Waals surface area contributed by atoms with Crippen molar-refractivity contribution >= 4 is 5.65 Å². The molecule has 0 spiro atoms. The molecular weight excluding hydrogens is 360 g/mol. The van der Waals surface area contributed by atoms with Crippen molar-refractivity contribution in [1.29, 1.82) is 0 Å². The fourth-order valence-corrected chi connectivity index (χ4v) is 4.58. The first-order valence-corrected chi connectivity index (χ1v) is 10.4. The molecule has 0 radical (unpaired) electrons. The summed E-state index contributed by atoms with van der Waals surface area (Å²) in [7, 11) is 0. The molecule has 4 heterocycles. The summed E-state index contributed by atoms with van der Waals surface area (Å²) in [5, 5.41) is 4.31. The minimum atomic E-state index is -0.0534. The SMILES string of the molecule is CCn1ncnc1CN1CCC(c2ccccc2)(c2cn3ccccc3n2)CC1. The topological polar surface area (TPSA) is 51.2 Å². The molecule has 0 amide bonds. The third-order valence-corrected chi connectivity index (χ3v) is 6.25. The van der Waals surface area contributed by atoms with Gasteiger partial charge in [0.15, 0.2) is 0 Å². The summed E-state index contributed by atoms with van der Waals surface area (Å²) in [5.41, 5.74) is 3.49. The van der Waals surface area contributed by atoms with Gasteiger partial charge in [-0.25, -0.2) is 14.6 Å². The van der Waals surface area contributed by atoms with Crippen LogP contribution >= 0.6 is 0 Å². The Bertz CT molecular complexity index is 1060. The molecule has 0 unspecified atom stereocenters. The van der Waals surface area contributed by atoms with Crippen LogP contribution in [0.2, 0.25) is 0 Å². The molecule has 1 aliphatic heterocycles. The molecule has 5 rings (SSSR count). The lowest BCUT2D eigenvalue weighted by Crippen LogP contribution is -2.43. The second-order valence-electron chi connectivity index (χ2n) is 7.81. The van der Waals surface area contributed by atoms with Gasteiger partial charge in [-0.15, -0.1) is 0 Å². The molecule has 1 saturated heterocycles. The molecule has 4 aromatic rings. The van der Waals surface area contributed by atoms with E-state index < -0.39 is 0 Å². The van der Waals surface area contributed by atoms with Crippen LogP contribution in [0, 0.1) is 0 Å². The largest absolute Gasteiger partial charge is 0.307 e. The average Bonchev–Trinajstić information content (AvgIpc) is 3.42. The quantitative estimate of drug-likeness (QED) is 0.527. The second-order valence-corrected chi connectivity index (χ2v) is 7.81. The maximum absolute atomic E-state index is 5.03. The third-order valence-electron chi connectivity index (χ3n) is 6.25. The maximum atomic E-state index is 5.03. The van der Waals surface area contributed by atoms with Gasteiger partial charge in [-0.05, 0) is 50.6 Å². The number of benzene rings is 1. The van der Waals surface area contributed by atoms with Crippen LogP contribution in [-0.2, 0) is 18.5 Å². The Morgan fingerprint density at radius 1 is 1.00 bits per heavy atom. The number of likely N-dealkylation sites (tertiary alicyclic amines) is 1. The first-order chi connectivity index (χ1) is 14.3. The van der Waals surface area contributed by atoms with Crippen LogP contribution in [0.5, 0.6) is 0 Å². The predicted octanol–water partition coefficient (Wildman–Crippen LogP) is 3.53. The molecule has 6 heteroatoms. The van der Waals surface area contributed by atoms with Gasteiger partial charge in [-0.1, -0.05) is 36.4 Å². The maximum Gasteiger partial charge on any atom is 0.140 e. The normalized spacial score (nSPS) is 17.0.